The first-order chi connectivity index (χ1) is 17.4. The monoisotopic (exact) mass is 489 g/mol. The molecule has 3 aromatic rings. The molecule has 1 fully saturated rings. The maximum absolute atomic E-state index is 13.0. The van der Waals surface area contributed by atoms with E-state index in [2.05, 4.69) is 15.5 Å². The highest BCUT2D eigenvalue weighted by Gasteiger charge is 2.30. The summed E-state index contributed by atoms with van der Waals surface area (Å²) in [5, 5.41) is 10.9. The van der Waals surface area contributed by atoms with E-state index in [1.54, 1.807) is 0 Å². The van der Waals surface area contributed by atoms with Gasteiger partial charge in [0.05, 0.1) is 18.0 Å². The molecule has 0 saturated carbocycles. The molecule has 36 heavy (non-hydrogen) atoms. The highest BCUT2D eigenvalue weighted by Crippen LogP contribution is 2.35. The maximum atomic E-state index is 13.0. The number of aromatic nitrogens is 2. The number of ether oxygens (including phenoxy) is 1. The Morgan fingerprint density at radius 1 is 1.03 bits per heavy atom. The zero-order chi connectivity index (χ0) is 25.7. The number of carbonyl (C=O) groups is 2. The lowest BCUT2D eigenvalue weighted by molar-refractivity contribution is -0.120. The lowest BCUT2D eigenvalue weighted by Gasteiger charge is -2.33. The average Bonchev–Trinajstić information content (AvgIpc) is 3.21. The molecule has 2 aromatic carbocycles. The number of amides is 2. The normalized spacial score (nSPS) is 14.1. The van der Waals surface area contributed by atoms with E-state index >= 15 is 0 Å². The summed E-state index contributed by atoms with van der Waals surface area (Å²) < 4.78 is 7.37. The summed E-state index contributed by atoms with van der Waals surface area (Å²) in [5.41, 5.74) is 3.19. The third-order valence-electron chi connectivity index (χ3n) is 6.41. The van der Waals surface area contributed by atoms with Gasteiger partial charge in [0.2, 0.25) is 11.8 Å². The van der Waals surface area contributed by atoms with Crippen molar-refractivity contribution in [1.82, 2.24) is 9.78 Å². The van der Waals surface area contributed by atoms with Crippen molar-refractivity contribution in [2.45, 2.75) is 40.5 Å². The van der Waals surface area contributed by atoms with E-state index < -0.39 is 0 Å². The first-order valence-electron chi connectivity index (χ1n) is 12.6. The van der Waals surface area contributed by atoms with Crippen molar-refractivity contribution < 1.29 is 14.3 Å². The van der Waals surface area contributed by atoms with Crippen LogP contribution in [0.2, 0.25) is 0 Å². The molecule has 1 aliphatic heterocycles. The standard InChI is InChI=1S/C28H35N5O3/c1-5-36-24-13-11-22(12-14-24)29-27(35)21-15-17-32(18-16-21)28-25(30-26(34)19(2)3)20(4)31-33(28)23-9-7-6-8-10-23/h6-14,19,21H,5,15-18H2,1-4H3,(H,29,35)(H,30,34). The number of aryl methyl sites for hydroxylation is 1. The number of piperidine rings is 1. The van der Waals surface area contributed by atoms with E-state index in [4.69, 9.17) is 9.84 Å². The summed E-state index contributed by atoms with van der Waals surface area (Å²) in [6.07, 6.45) is 1.42. The Labute approximate surface area is 212 Å². The van der Waals surface area contributed by atoms with E-state index in [1.807, 2.05) is 87.0 Å². The second-order valence-electron chi connectivity index (χ2n) is 9.38. The summed E-state index contributed by atoms with van der Waals surface area (Å²) in [5.74, 6) is 1.40. The van der Waals surface area contributed by atoms with Crippen LogP contribution in [0.4, 0.5) is 17.2 Å². The predicted molar refractivity (Wildman–Crippen MR) is 143 cm³/mol. The van der Waals surface area contributed by atoms with Gasteiger partial charge < -0.3 is 20.3 Å². The fourth-order valence-electron chi connectivity index (χ4n) is 4.37. The van der Waals surface area contributed by atoms with Crippen molar-refractivity contribution in [3.05, 3.63) is 60.3 Å². The highest BCUT2D eigenvalue weighted by molar-refractivity contribution is 5.96. The quantitative estimate of drug-likeness (QED) is 0.463. The number of hydrogen-bond acceptors (Lipinski definition) is 5. The summed E-state index contributed by atoms with van der Waals surface area (Å²) in [7, 11) is 0. The molecule has 0 unspecified atom stereocenters. The minimum absolute atomic E-state index is 0.0277. The molecule has 0 atom stereocenters. The largest absolute Gasteiger partial charge is 0.494 e. The first-order valence-corrected chi connectivity index (χ1v) is 12.6. The van der Waals surface area contributed by atoms with Crippen molar-refractivity contribution in [3.63, 3.8) is 0 Å². The third kappa shape index (κ3) is 5.70. The zero-order valence-electron chi connectivity index (χ0n) is 21.5. The SMILES string of the molecule is CCOc1ccc(NC(=O)C2CCN(c3c(NC(=O)C(C)C)c(C)nn3-c3ccccc3)CC2)cc1. The Balaban J connectivity index is 1.50. The van der Waals surface area contributed by atoms with Crippen LogP contribution in [-0.2, 0) is 9.59 Å². The van der Waals surface area contributed by atoms with Crippen LogP contribution in [-0.4, -0.2) is 41.3 Å². The Kier molecular flexibility index (Phi) is 7.93. The molecular weight excluding hydrogens is 454 g/mol. The van der Waals surface area contributed by atoms with Gasteiger partial charge in [-0.05, 0) is 63.1 Å². The fourth-order valence-corrected chi connectivity index (χ4v) is 4.37. The molecule has 2 N–H and O–H groups in total. The smallest absolute Gasteiger partial charge is 0.227 e. The van der Waals surface area contributed by atoms with Crippen LogP contribution in [0.1, 0.15) is 39.3 Å². The third-order valence-corrected chi connectivity index (χ3v) is 6.41. The second-order valence-corrected chi connectivity index (χ2v) is 9.38. The van der Waals surface area contributed by atoms with Crippen LogP contribution in [0.25, 0.3) is 5.69 Å². The lowest BCUT2D eigenvalue weighted by atomic mass is 9.95. The summed E-state index contributed by atoms with van der Waals surface area (Å²) >= 11 is 0. The van der Waals surface area contributed by atoms with Crippen molar-refractivity contribution in [2.24, 2.45) is 11.8 Å². The van der Waals surface area contributed by atoms with Crippen molar-refractivity contribution in [1.29, 1.82) is 0 Å². The molecule has 190 valence electrons. The summed E-state index contributed by atoms with van der Waals surface area (Å²) in [4.78, 5) is 27.8. The first kappa shape index (κ1) is 25.3. The van der Waals surface area contributed by atoms with E-state index in [-0.39, 0.29) is 23.7 Å². The minimum Gasteiger partial charge on any atom is -0.494 e. The van der Waals surface area contributed by atoms with Crippen molar-refractivity contribution in [3.8, 4) is 11.4 Å². The number of rotatable bonds is 8. The van der Waals surface area contributed by atoms with E-state index in [0.717, 1.165) is 34.3 Å². The summed E-state index contributed by atoms with van der Waals surface area (Å²) in [6.45, 7) is 9.58. The molecule has 0 radical (unpaired) electrons. The Bertz CT molecular complexity index is 1180. The number of para-hydroxylation sites is 1. The van der Waals surface area contributed by atoms with Gasteiger partial charge in [0.15, 0.2) is 5.82 Å². The number of anilines is 3. The van der Waals surface area contributed by atoms with Gasteiger partial charge in [0, 0.05) is 30.6 Å². The van der Waals surface area contributed by atoms with Crippen molar-refractivity contribution in [2.75, 3.05) is 35.2 Å². The van der Waals surface area contributed by atoms with Gasteiger partial charge in [0.25, 0.3) is 0 Å². The maximum Gasteiger partial charge on any atom is 0.227 e. The average molecular weight is 490 g/mol. The van der Waals surface area contributed by atoms with Gasteiger partial charge in [-0.2, -0.15) is 5.10 Å². The second kappa shape index (κ2) is 11.3. The Morgan fingerprint density at radius 3 is 2.31 bits per heavy atom. The molecule has 0 aliphatic carbocycles. The van der Waals surface area contributed by atoms with Gasteiger partial charge in [-0.15, -0.1) is 0 Å². The van der Waals surface area contributed by atoms with E-state index in [9.17, 15) is 9.59 Å². The molecule has 4 rings (SSSR count). The Morgan fingerprint density at radius 2 is 1.69 bits per heavy atom. The van der Waals surface area contributed by atoms with Gasteiger partial charge >= 0.3 is 0 Å². The molecule has 8 heteroatoms. The number of nitrogens with zero attached hydrogens (tertiary/aromatic N) is 3. The zero-order valence-corrected chi connectivity index (χ0v) is 21.5. The number of carbonyl (C=O) groups excluding carboxylic acids is 2. The molecule has 2 heterocycles. The number of benzene rings is 2. The molecule has 1 saturated heterocycles. The Hall–Kier alpha value is -3.81. The number of nitrogens with one attached hydrogen (secondary N) is 2. The van der Waals surface area contributed by atoms with E-state index in [0.29, 0.717) is 32.5 Å². The van der Waals surface area contributed by atoms with Crippen LogP contribution < -0.4 is 20.3 Å². The van der Waals surface area contributed by atoms with Crippen molar-refractivity contribution >= 4 is 29.0 Å². The van der Waals surface area contributed by atoms with Gasteiger partial charge in [-0.3, -0.25) is 9.59 Å². The molecule has 8 nitrogen and oxygen atoms in total. The van der Waals surface area contributed by atoms with Gasteiger partial charge in [0.1, 0.15) is 11.4 Å². The molecular formula is C28H35N5O3. The number of hydrogen-bond donors (Lipinski definition) is 2. The minimum atomic E-state index is -0.144. The molecule has 0 bridgehead atoms. The topological polar surface area (TPSA) is 88.5 Å². The molecule has 1 aromatic heterocycles. The molecule has 2 amide bonds. The summed E-state index contributed by atoms with van der Waals surface area (Å²) in [6, 6.07) is 17.4. The van der Waals surface area contributed by atoms with Crippen LogP contribution >= 0.6 is 0 Å². The predicted octanol–water partition coefficient (Wildman–Crippen LogP) is 5.03. The van der Waals surface area contributed by atoms with Crippen LogP contribution in [0.5, 0.6) is 5.75 Å². The fraction of sp³-hybridized carbons (Fsp3) is 0.393. The molecule has 0 spiro atoms. The highest BCUT2D eigenvalue weighted by atomic mass is 16.5. The van der Waals surface area contributed by atoms with Crippen LogP contribution in [0.3, 0.4) is 0 Å². The molecule has 1 aliphatic rings. The lowest BCUT2D eigenvalue weighted by Crippen LogP contribution is -2.39. The van der Waals surface area contributed by atoms with Crippen LogP contribution in [0.15, 0.2) is 54.6 Å². The van der Waals surface area contributed by atoms with E-state index in [1.165, 1.54) is 0 Å². The van der Waals surface area contributed by atoms with Gasteiger partial charge in [-0.25, -0.2) is 4.68 Å². The van der Waals surface area contributed by atoms with Gasteiger partial charge in [-0.1, -0.05) is 32.0 Å². The van der Waals surface area contributed by atoms with Crippen LogP contribution in [0, 0.1) is 18.8 Å².